The molecule has 0 atom stereocenters. The number of unbranched alkanes of at least 4 members (excludes halogenated alkanes) is 1. The van der Waals surface area contributed by atoms with Crippen LogP contribution in [0, 0.1) is 0 Å². The molecule has 2 N–H and O–H groups in total. The molecule has 0 bridgehead atoms. The van der Waals surface area contributed by atoms with Crippen LogP contribution in [0.2, 0.25) is 0 Å². The van der Waals surface area contributed by atoms with E-state index in [4.69, 9.17) is 12.2 Å². The fourth-order valence-corrected chi connectivity index (χ4v) is 3.20. The van der Waals surface area contributed by atoms with Gasteiger partial charge in [0.05, 0.1) is 0 Å². The van der Waals surface area contributed by atoms with E-state index in [1.54, 1.807) is 0 Å². The fraction of sp³-hybridized carbons (Fsp3) is 0.579. The molecule has 1 heterocycles. The van der Waals surface area contributed by atoms with E-state index in [-0.39, 0.29) is 11.9 Å². The van der Waals surface area contributed by atoms with Crippen molar-refractivity contribution in [2.45, 2.75) is 51.5 Å². The second kappa shape index (κ2) is 10.3. The van der Waals surface area contributed by atoms with Crippen molar-refractivity contribution < 1.29 is 4.79 Å². The Bertz CT molecular complexity index is 513. The highest BCUT2D eigenvalue weighted by Gasteiger charge is 2.21. The molecule has 1 aromatic carbocycles. The maximum Gasteiger partial charge on any atom is 0.220 e. The lowest BCUT2D eigenvalue weighted by molar-refractivity contribution is -0.122. The number of nitrogens with zero attached hydrogens (tertiary/aromatic N) is 1. The topological polar surface area (TPSA) is 44.4 Å². The first-order chi connectivity index (χ1) is 11.7. The van der Waals surface area contributed by atoms with E-state index in [9.17, 15) is 4.79 Å². The molecule has 0 radical (unpaired) electrons. The molecule has 0 aliphatic carbocycles. The lowest BCUT2D eigenvalue weighted by atomic mass is 10.0. The van der Waals surface area contributed by atoms with Crippen molar-refractivity contribution >= 4 is 23.2 Å². The lowest BCUT2D eigenvalue weighted by Gasteiger charge is -2.34. The van der Waals surface area contributed by atoms with E-state index in [0.717, 1.165) is 50.4 Å². The summed E-state index contributed by atoms with van der Waals surface area (Å²) in [6, 6.07) is 10.4. The van der Waals surface area contributed by atoms with E-state index in [0.29, 0.717) is 6.42 Å². The van der Waals surface area contributed by atoms with Gasteiger partial charge in [-0.25, -0.2) is 0 Å². The lowest BCUT2D eigenvalue weighted by Crippen LogP contribution is -2.49. The van der Waals surface area contributed by atoms with Crippen LogP contribution in [0.4, 0.5) is 0 Å². The summed E-state index contributed by atoms with van der Waals surface area (Å²) < 4.78 is 0. The number of thiocarbonyl (C=S) groups is 1. The third kappa shape index (κ3) is 6.48. The zero-order valence-corrected chi connectivity index (χ0v) is 15.4. The van der Waals surface area contributed by atoms with Crippen molar-refractivity contribution in [3.63, 3.8) is 0 Å². The summed E-state index contributed by atoms with van der Waals surface area (Å²) in [6.45, 7) is 4.96. The summed E-state index contributed by atoms with van der Waals surface area (Å²) in [5.74, 6) is 0.154. The molecule has 1 saturated heterocycles. The van der Waals surface area contributed by atoms with Crippen molar-refractivity contribution in [1.29, 1.82) is 0 Å². The Labute approximate surface area is 151 Å². The number of piperidine rings is 1. The summed E-state index contributed by atoms with van der Waals surface area (Å²) in [7, 11) is 0. The Morgan fingerprint density at radius 2 is 1.96 bits per heavy atom. The molecular weight excluding hydrogens is 318 g/mol. The zero-order chi connectivity index (χ0) is 17.2. The Hall–Kier alpha value is -1.62. The molecule has 1 aromatic rings. The van der Waals surface area contributed by atoms with Crippen molar-refractivity contribution in [2.75, 3.05) is 19.6 Å². The molecule has 0 unspecified atom stereocenters. The number of amides is 1. The molecule has 0 spiro atoms. The molecule has 0 saturated carbocycles. The van der Waals surface area contributed by atoms with Gasteiger partial charge in [-0.15, -0.1) is 0 Å². The van der Waals surface area contributed by atoms with Crippen LogP contribution in [0.5, 0.6) is 0 Å². The summed E-state index contributed by atoms with van der Waals surface area (Å²) in [4.78, 5) is 14.3. The van der Waals surface area contributed by atoms with Crippen LogP contribution in [-0.4, -0.2) is 41.6 Å². The highest BCUT2D eigenvalue weighted by Crippen LogP contribution is 2.11. The monoisotopic (exact) mass is 347 g/mol. The number of benzene rings is 1. The SMILES string of the molecule is CCCCNC(=S)N1CCC(NC(=O)CCc2ccccc2)CC1. The molecule has 0 aromatic heterocycles. The van der Waals surface area contributed by atoms with E-state index < -0.39 is 0 Å². The highest BCUT2D eigenvalue weighted by atomic mass is 32.1. The second-order valence-corrected chi connectivity index (χ2v) is 6.79. The van der Waals surface area contributed by atoms with Gasteiger partial charge < -0.3 is 15.5 Å². The van der Waals surface area contributed by atoms with Gasteiger partial charge in [0.25, 0.3) is 0 Å². The quantitative estimate of drug-likeness (QED) is 0.588. The fourth-order valence-electron chi connectivity index (χ4n) is 2.91. The average Bonchev–Trinajstić information content (AvgIpc) is 2.61. The average molecular weight is 348 g/mol. The smallest absolute Gasteiger partial charge is 0.220 e. The first-order valence-corrected chi connectivity index (χ1v) is 9.46. The Morgan fingerprint density at radius 3 is 2.62 bits per heavy atom. The predicted molar refractivity (Wildman–Crippen MR) is 103 cm³/mol. The van der Waals surface area contributed by atoms with Crippen LogP contribution in [0.1, 0.15) is 44.6 Å². The number of hydrogen-bond donors (Lipinski definition) is 2. The van der Waals surface area contributed by atoms with Crippen LogP contribution < -0.4 is 10.6 Å². The van der Waals surface area contributed by atoms with Crippen LogP contribution in [-0.2, 0) is 11.2 Å². The van der Waals surface area contributed by atoms with Gasteiger partial charge in [-0.1, -0.05) is 43.7 Å². The van der Waals surface area contributed by atoms with E-state index in [1.165, 1.54) is 12.0 Å². The number of nitrogens with one attached hydrogen (secondary N) is 2. The molecule has 1 fully saturated rings. The number of rotatable bonds is 7. The first-order valence-electron chi connectivity index (χ1n) is 9.05. The van der Waals surface area contributed by atoms with Gasteiger partial charge in [0.1, 0.15) is 0 Å². The number of carbonyl (C=O) groups excluding carboxylic acids is 1. The number of likely N-dealkylation sites (tertiary alicyclic amines) is 1. The van der Waals surface area contributed by atoms with Gasteiger partial charge in [-0.3, -0.25) is 4.79 Å². The van der Waals surface area contributed by atoms with Crippen molar-refractivity contribution in [1.82, 2.24) is 15.5 Å². The molecule has 1 aliphatic heterocycles. The van der Waals surface area contributed by atoms with Crippen molar-refractivity contribution in [3.8, 4) is 0 Å². The maximum atomic E-state index is 12.1. The van der Waals surface area contributed by atoms with Crippen LogP contribution in [0.3, 0.4) is 0 Å². The summed E-state index contributed by atoms with van der Waals surface area (Å²) >= 11 is 5.44. The van der Waals surface area contributed by atoms with Gasteiger partial charge in [-0.2, -0.15) is 0 Å². The summed E-state index contributed by atoms with van der Waals surface area (Å²) in [5.41, 5.74) is 1.21. The van der Waals surface area contributed by atoms with Crippen molar-refractivity contribution in [3.05, 3.63) is 35.9 Å². The molecule has 5 heteroatoms. The minimum absolute atomic E-state index is 0.154. The van der Waals surface area contributed by atoms with E-state index in [1.807, 2.05) is 18.2 Å². The Morgan fingerprint density at radius 1 is 1.25 bits per heavy atom. The molecule has 1 amide bonds. The predicted octanol–water partition coefficient (Wildman–Crippen LogP) is 2.87. The van der Waals surface area contributed by atoms with Gasteiger partial charge in [0, 0.05) is 32.1 Å². The normalized spacial score (nSPS) is 15.1. The van der Waals surface area contributed by atoms with Gasteiger partial charge in [0.15, 0.2) is 5.11 Å². The van der Waals surface area contributed by atoms with E-state index >= 15 is 0 Å². The van der Waals surface area contributed by atoms with Crippen LogP contribution in [0.15, 0.2) is 30.3 Å². The summed E-state index contributed by atoms with van der Waals surface area (Å²) in [5, 5.41) is 7.35. The molecular formula is C19H29N3OS. The molecule has 1 aliphatic rings. The zero-order valence-electron chi connectivity index (χ0n) is 14.6. The number of aryl methyl sites for hydroxylation is 1. The van der Waals surface area contributed by atoms with Gasteiger partial charge in [0.2, 0.25) is 5.91 Å². The first kappa shape index (κ1) is 18.7. The molecule has 4 nitrogen and oxygen atoms in total. The third-order valence-electron chi connectivity index (χ3n) is 4.44. The van der Waals surface area contributed by atoms with Gasteiger partial charge >= 0.3 is 0 Å². The third-order valence-corrected chi connectivity index (χ3v) is 4.84. The van der Waals surface area contributed by atoms with Crippen LogP contribution >= 0.6 is 12.2 Å². The van der Waals surface area contributed by atoms with E-state index in [2.05, 4.69) is 34.6 Å². The number of hydrogen-bond acceptors (Lipinski definition) is 2. The maximum absolute atomic E-state index is 12.1. The minimum Gasteiger partial charge on any atom is -0.363 e. The van der Waals surface area contributed by atoms with Gasteiger partial charge in [-0.05, 0) is 43.5 Å². The summed E-state index contributed by atoms with van der Waals surface area (Å²) in [6.07, 6.45) is 5.61. The highest BCUT2D eigenvalue weighted by molar-refractivity contribution is 7.80. The Kier molecular flexibility index (Phi) is 8.02. The minimum atomic E-state index is 0.154. The second-order valence-electron chi connectivity index (χ2n) is 6.40. The molecule has 24 heavy (non-hydrogen) atoms. The Balaban J connectivity index is 1.63. The molecule has 132 valence electrons. The van der Waals surface area contributed by atoms with Crippen LogP contribution in [0.25, 0.3) is 0 Å². The van der Waals surface area contributed by atoms with Crippen molar-refractivity contribution in [2.24, 2.45) is 0 Å². The standard InChI is InChI=1S/C19H29N3OS/c1-2-3-13-20-19(24)22-14-11-17(12-15-22)21-18(23)10-9-16-7-5-4-6-8-16/h4-8,17H,2-3,9-15H2,1H3,(H,20,24)(H,21,23). The molecule has 2 rings (SSSR count). The largest absolute Gasteiger partial charge is 0.363 e. The number of carbonyl (C=O) groups is 1.